The van der Waals surface area contributed by atoms with E-state index < -0.39 is 24.4 Å². The molecule has 0 fully saturated rings. The maximum atomic E-state index is 12.8. The zero-order valence-corrected chi connectivity index (χ0v) is 51.4. The van der Waals surface area contributed by atoms with Crippen LogP contribution in [-0.4, -0.2) is 160 Å². The molecule has 0 aromatic heterocycles. The molecule has 0 aliphatic rings. The summed E-state index contributed by atoms with van der Waals surface area (Å²) in [7, 11) is 7.53. The summed E-state index contributed by atoms with van der Waals surface area (Å²) in [5, 5.41) is 21.8. The number of nitrogens with zero attached hydrogens (tertiary/aromatic N) is 2. The Morgan fingerprint density at radius 3 is 1.09 bits per heavy atom. The molecule has 0 radical (unpaired) electrons. The molecule has 0 amide bonds. The van der Waals surface area contributed by atoms with Crippen LogP contribution in [0.25, 0.3) is 0 Å². The van der Waals surface area contributed by atoms with E-state index in [0.29, 0.717) is 73.8 Å². The molecule has 0 rings (SSSR count). The Bertz CT molecular complexity index is 1480. The molecule has 16 nitrogen and oxygen atoms in total. The zero-order chi connectivity index (χ0) is 56.7. The van der Waals surface area contributed by atoms with Crippen molar-refractivity contribution in [1.82, 2.24) is 0 Å². The molecule has 78 heavy (non-hydrogen) atoms. The number of halogens is 2. The number of esters is 6. The van der Waals surface area contributed by atoms with Gasteiger partial charge in [0, 0.05) is 26.7 Å². The second-order valence-electron chi connectivity index (χ2n) is 22.1. The van der Waals surface area contributed by atoms with E-state index in [2.05, 4.69) is 26.0 Å². The summed E-state index contributed by atoms with van der Waals surface area (Å²) in [6, 6.07) is 0. The van der Waals surface area contributed by atoms with Crippen molar-refractivity contribution >= 4 is 35.8 Å². The molecule has 0 bridgehead atoms. The van der Waals surface area contributed by atoms with Crippen molar-refractivity contribution in [1.29, 1.82) is 0 Å². The largest absolute Gasteiger partial charge is 1.00 e. The first kappa shape index (κ1) is 78.9. The van der Waals surface area contributed by atoms with E-state index in [0.717, 1.165) is 154 Å². The van der Waals surface area contributed by atoms with Crippen LogP contribution in [0.2, 0.25) is 0 Å². The lowest BCUT2D eigenvalue weighted by molar-refractivity contribution is -0.883. The highest BCUT2D eigenvalue weighted by atomic mass is 35.5. The van der Waals surface area contributed by atoms with Crippen molar-refractivity contribution in [3.05, 3.63) is 24.3 Å². The number of hydrogen-bond donors (Lipinski definition) is 2. The first-order valence-corrected chi connectivity index (χ1v) is 29.6. The molecule has 0 aromatic rings. The van der Waals surface area contributed by atoms with Crippen LogP contribution >= 0.6 is 0 Å². The Morgan fingerprint density at radius 1 is 0.410 bits per heavy atom. The van der Waals surface area contributed by atoms with Gasteiger partial charge in [-0.1, -0.05) is 128 Å². The normalized spacial score (nSPS) is 13.2. The second-order valence-corrected chi connectivity index (χ2v) is 22.1. The van der Waals surface area contributed by atoms with E-state index in [-0.39, 0.29) is 86.9 Å². The maximum absolute atomic E-state index is 12.8. The number of carbonyl (C=O) groups excluding carboxylic acids is 6. The highest BCUT2D eigenvalue weighted by molar-refractivity contribution is 5.71. The number of ether oxygens (including phenoxy) is 6. The Hall–Kier alpha value is -3.28. The third kappa shape index (κ3) is 50.9. The number of carbonyl (C=O) groups is 6. The fourth-order valence-electron chi connectivity index (χ4n) is 8.55. The van der Waals surface area contributed by atoms with E-state index in [1.165, 1.54) is 13.8 Å². The number of hydrogen-bond acceptors (Lipinski definition) is 14. The fourth-order valence-corrected chi connectivity index (χ4v) is 8.55. The Labute approximate surface area is 484 Å². The van der Waals surface area contributed by atoms with E-state index in [9.17, 15) is 39.0 Å². The van der Waals surface area contributed by atoms with Gasteiger partial charge >= 0.3 is 35.8 Å². The Kier molecular flexibility index (Phi) is 52.5. The van der Waals surface area contributed by atoms with Gasteiger partial charge in [-0.15, -0.1) is 0 Å². The van der Waals surface area contributed by atoms with Crippen LogP contribution in [0.3, 0.4) is 0 Å². The number of likely N-dealkylation sites (N-methyl/N-ethyl adjacent to an activating group) is 2. The standard InChI is InChI=1S/C60H110N2O14.2ClH/c1-9-11-29-39-55(75-59(69)49-61(5,6)43-47-71-51(3)63)53(65)37-31-23-17-13-15-19-25-33-41-57(67)73-45-35-27-21-22-28-36-46-74-58(68)42-34-26-20-16-14-18-24-32-38-54(66)56(40-30-12-10-2)76-60(70)50-62(7,8)44-48-72-52(4)64;;/h23-24,31-32,53-56,65-66H,9-22,25-30,33-50H2,1-8H3;2*1H/q+2;;/p-2/b31-23-,32-24-;;. The van der Waals surface area contributed by atoms with Gasteiger partial charge in [0.25, 0.3) is 0 Å². The average molecular weight is 1150 g/mol. The van der Waals surface area contributed by atoms with Crippen LogP contribution in [0.1, 0.15) is 220 Å². The summed E-state index contributed by atoms with van der Waals surface area (Å²) in [5.74, 6) is -1.68. The predicted octanol–water partition coefficient (Wildman–Crippen LogP) is 4.76. The number of quaternary nitrogens is 2. The minimum atomic E-state index is -0.770. The van der Waals surface area contributed by atoms with Gasteiger partial charge in [-0.05, 0) is 89.9 Å². The quantitative estimate of drug-likeness (QED) is 0.0278. The van der Waals surface area contributed by atoms with Crippen molar-refractivity contribution in [2.45, 2.75) is 245 Å². The van der Waals surface area contributed by atoms with Gasteiger partial charge in [-0.3, -0.25) is 19.2 Å². The number of unbranched alkanes of at least 4 members (excludes halogenated alkanes) is 19. The third-order valence-electron chi connectivity index (χ3n) is 13.4. The molecular formula is C60H110Cl2N2O14. The van der Waals surface area contributed by atoms with Gasteiger partial charge in [0.15, 0.2) is 13.1 Å². The van der Waals surface area contributed by atoms with Crippen molar-refractivity contribution < 1.29 is 101 Å². The number of aliphatic hydroxyl groups excluding tert-OH is 2. The van der Waals surface area contributed by atoms with Gasteiger partial charge in [-0.25, -0.2) is 9.59 Å². The van der Waals surface area contributed by atoms with Crippen LogP contribution in [0.15, 0.2) is 24.3 Å². The van der Waals surface area contributed by atoms with E-state index in [1.54, 1.807) is 0 Å². The molecule has 0 saturated carbocycles. The summed E-state index contributed by atoms with van der Waals surface area (Å²) in [6.45, 7) is 9.55. The molecule has 0 saturated heterocycles. The molecule has 458 valence electrons. The minimum absolute atomic E-state index is 0. The van der Waals surface area contributed by atoms with E-state index in [1.807, 2.05) is 40.3 Å². The highest BCUT2D eigenvalue weighted by Gasteiger charge is 2.29. The SMILES string of the molecule is CCCCCC(OC(=O)C[N+](C)(C)CCOC(C)=O)C(O)C/C=C\CCCCCCCC(=O)OCCCCCCCCOC(=O)CCCCCCC/C=C\CC(O)C(CCCCC)OC(=O)C[N+](C)(C)CCOC(C)=O.[Cl-].[Cl-]. The molecule has 4 atom stereocenters. The fraction of sp³-hybridized carbons (Fsp3) is 0.833. The van der Waals surface area contributed by atoms with Crippen molar-refractivity contribution in [2.75, 3.05) is 80.8 Å². The van der Waals surface area contributed by atoms with Gasteiger partial charge in [-0.2, -0.15) is 0 Å². The Morgan fingerprint density at radius 2 is 0.744 bits per heavy atom. The third-order valence-corrected chi connectivity index (χ3v) is 13.4. The number of rotatable bonds is 51. The first-order valence-electron chi connectivity index (χ1n) is 29.6. The molecule has 0 heterocycles. The summed E-state index contributed by atoms with van der Waals surface area (Å²) in [5.41, 5.74) is 0. The first-order chi connectivity index (χ1) is 36.3. The Balaban J connectivity index is -0.0000281. The van der Waals surface area contributed by atoms with Crippen LogP contribution in [0.4, 0.5) is 0 Å². The molecule has 0 aromatic carbocycles. The van der Waals surface area contributed by atoms with E-state index in [4.69, 9.17) is 28.4 Å². The van der Waals surface area contributed by atoms with Crippen molar-refractivity contribution in [3.8, 4) is 0 Å². The smallest absolute Gasteiger partial charge is 0.362 e. The van der Waals surface area contributed by atoms with Crippen LogP contribution < -0.4 is 24.8 Å². The summed E-state index contributed by atoms with van der Waals surface area (Å²) < 4.78 is 33.1. The molecule has 0 aliphatic carbocycles. The zero-order valence-electron chi connectivity index (χ0n) is 49.9. The highest BCUT2D eigenvalue weighted by Crippen LogP contribution is 2.18. The molecule has 18 heteroatoms. The van der Waals surface area contributed by atoms with Gasteiger partial charge < -0.3 is 72.4 Å². The molecule has 0 spiro atoms. The lowest BCUT2D eigenvalue weighted by Crippen LogP contribution is -3.00. The van der Waals surface area contributed by atoms with Crippen molar-refractivity contribution in [3.63, 3.8) is 0 Å². The summed E-state index contributed by atoms with van der Waals surface area (Å²) >= 11 is 0. The molecule has 2 N–H and O–H groups in total. The van der Waals surface area contributed by atoms with E-state index >= 15 is 0 Å². The number of aliphatic hydroxyl groups is 2. The predicted molar refractivity (Wildman–Crippen MR) is 299 cm³/mol. The molecule has 4 unspecified atom stereocenters. The topological polar surface area (TPSA) is 198 Å². The van der Waals surface area contributed by atoms with Gasteiger partial charge in [0.2, 0.25) is 0 Å². The van der Waals surface area contributed by atoms with Crippen LogP contribution in [0, 0.1) is 0 Å². The lowest BCUT2D eigenvalue weighted by Gasteiger charge is -2.30. The van der Waals surface area contributed by atoms with Gasteiger partial charge in [0.05, 0.1) is 53.6 Å². The summed E-state index contributed by atoms with van der Waals surface area (Å²) in [6.07, 6.45) is 31.9. The molecular weight excluding hydrogens is 1040 g/mol. The van der Waals surface area contributed by atoms with Gasteiger partial charge in [0.1, 0.15) is 38.5 Å². The van der Waals surface area contributed by atoms with Crippen molar-refractivity contribution in [2.24, 2.45) is 0 Å². The lowest BCUT2D eigenvalue weighted by atomic mass is 10.0. The minimum Gasteiger partial charge on any atom is -1.00 e. The monoisotopic (exact) mass is 1150 g/mol. The van der Waals surface area contributed by atoms with Crippen LogP contribution in [-0.2, 0) is 57.2 Å². The van der Waals surface area contributed by atoms with Crippen LogP contribution in [0.5, 0.6) is 0 Å². The number of allylic oxidation sites excluding steroid dienone is 2. The average Bonchev–Trinajstić information content (AvgIpc) is 3.34. The second kappa shape index (κ2) is 51.8. The maximum Gasteiger partial charge on any atom is 0.362 e. The summed E-state index contributed by atoms with van der Waals surface area (Å²) in [4.78, 5) is 72.1. The molecule has 0 aliphatic heterocycles.